The van der Waals surface area contributed by atoms with E-state index in [4.69, 9.17) is 16.3 Å². The second kappa shape index (κ2) is 12.1. The molecule has 2 aromatic rings. The van der Waals surface area contributed by atoms with Crippen molar-refractivity contribution in [2.75, 3.05) is 23.7 Å². The number of hydrogen-bond acceptors (Lipinski definition) is 5. The molecule has 1 atom stereocenters. The Balaban J connectivity index is 2.45. The molecule has 2 amide bonds. The van der Waals surface area contributed by atoms with Gasteiger partial charge in [-0.2, -0.15) is 0 Å². The quantitative estimate of drug-likeness (QED) is 0.500. The average Bonchev–Trinajstić information content (AvgIpc) is 2.76. The molecule has 2 aromatic carbocycles. The number of sulfonamides is 1. The van der Waals surface area contributed by atoms with Gasteiger partial charge in [0, 0.05) is 17.6 Å². The van der Waals surface area contributed by atoms with E-state index < -0.39 is 28.5 Å². The van der Waals surface area contributed by atoms with Crippen molar-refractivity contribution in [1.82, 2.24) is 10.2 Å². The van der Waals surface area contributed by atoms with Crippen molar-refractivity contribution in [1.29, 1.82) is 0 Å². The maximum atomic E-state index is 13.5. The highest BCUT2D eigenvalue weighted by atomic mass is 35.5. The van der Waals surface area contributed by atoms with Crippen LogP contribution in [-0.4, -0.2) is 56.6 Å². The lowest BCUT2D eigenvalue weighted by Crippen LogP contribution is -2.52. The van der Waals surface area contributed by atoms with Gasteiger partial charge in [0.2, 0.25) is 21.8 Å². The van der Waals surface area contributed by atoms with Gasteiger partial charge in [0.25, 0.3) is 0 Å². The Bertz CT molecular complexity index is 1110. The van der Waals surface area contributed by atoms with Crippen molar-refractivity contribution in [2.24, 2.45) is 0 Å². The van der Waals surface area contributed by atoms with Crippen molar-refractivity contribution >= 4 is 39.1 Å². The van der Waals surface area contributed by atoms with E-state index in [2.05, 4.69) is 5.32 Å². The van der Waals surface area contributed by atoms with E-state index in [9.17, 15) is 18.0 Å². The van der Waals surface area contributed by atoms with Gasteiger partial charge in [-0.15, -0.1) is 0 Å². The minimum Gasteiger partial charge on any atom is -0.492 e. The molecule has 0 fully saturated rings. The van der Waals surface area contributed by atoms with Crippen LogP contribution in [-0.2, 0) is 26.2 Å². The molecular weight excluding hydrogens is 478 g/mol. The normalized spacial score (nSPS) is 12.2. The molecule has 0 aromatic heterocycles. The average molecular weight is 510 g/mol. The van der Waals surface area contributed by atoms with Crippen LogP contribution in [0.1, 0.15) is 33.3 Å². The third-order valence-electron chi connectivity index (χ3n) is 5.01. The number of para-hydroxylation sites is 2. The van der Waals surface area contributed by atoms with Crippen molar-refractivity contribution in [3.63, 3.8) is 0 Å². The smallest absolute Gasteiger partial charge is 0.244 e. The number of nitrogens with zero attached hydrogens (tertiary/aromatic N) is 2. The van der Waals surface area contributed by atoms with Crippen LogP contribution in [0.15, 0.2) is 48.5 Å². The Hall–Kier alpha value is -2.78. The number of carbonyl (C=O) groups is 2. The van der Waals surface area contributed by atoms with Crippen LogP contribution < -0.4 is 14.4 Å². The predicted octanol–water partition coefficient (Wildman–Crippen LogP) is 3.45. The molecule has 8 nitrogen and oxygen atoms in total. The summed E-state index contributed by atoms with van der Waals surface area (Å²) in [6.07, 6.45) is 1.02. The Morgan fingerprint density at radius 3 is 2.26 bits per heavy atom. The highest BCUT2D eigenvalue weighted by molar-refractivity contribution is 7.92. The lowest BCUT2D eigenvalue weighted by atomic mass is 10.1. The van der Waals surface area contributed by atoms with E-state index in [1.807, 2.05) is 13.8 Å². The van der Waals surface area contributed by atoms with Gasteiger partial charge in [0.05, 0.1) is 18.6 Å². The minimum atomic E-state index is -3.85. The Labute approximate surface area is 206 Å². The first-order valence-electron chi connectivity index (χ1n) is 11.0. The maximum Gasteiger partial charge on any atom is 0.244 e. The molecule has 0 saturated carbocycles. The van der Waals surface area contributed by atoms with Gasteiger partial charge >= 0.3 is 0 Å². The van der Waals surface area contributed by atoms with Crippen LogP contribution in [0.2, 0.25) is 5.02 Å². The van der Waals surface area contributed by atoms with Gasteiger partial charge < -0.3 is 15.0 Å². The van der Waals surface area contributed by atoms with Gasteiger partial charge in [0.1, 0.15) is 18.3 Å². The summed E-state index contributed by atoms with van der Waals surface area (Å²) in [7, 11) is -3.85. The van der Waals surface area contributed by atoms with Crippen LogP contribution >= 0.6 is 11.6 Å². The number of amides is 2. The van der Waals surface area contributed by atoms with E-state index in [0.717, 1.165) is 10.6 Å². The molecule has 0 radical (unpaired) electrons. The largest absolute Gasteiger partial charge is 0.492 e. The number of hydrogen-bond donors (Lipinski definition) is 1. The summed E-state index contributed by atoms with van der Waals surface area (Å²) < 4.78 is 32.0. The first-order valence-corrected chi connectivity index (χ1v) is 13.2. The molecule has 0 saturated heterocycles. The molecule has 0 unspecified atom stereocenters. The second-order valence-corrected chi connectivity index (χ2v) is 10.4. The Kier molecular flexibility index (Phi) is 9.76. The molecule has 0 spiro atoms. The van der Waals surface area contributed by atoms with E-state index in [1.54, 1.807) is 62.4 Å². The van der Waals surface area contributed by atoms with Gasteiger partial charge in [-0.05, 0) is 51.5 Å². The molecular formula is C24H32ClN3O5S. The molecule has 0 heterocycles. The van der Waals surface area contributed by atoms with Crippen LogP contribution in [0.5, 0.6) is 5.75 Å². The van der Waals surface area contributed by atoms with Crippen molar-refractivity contribution in [3.8, 4) is 5.75 Å². The monoisotopic (exact) mass is 509 g/mol. The summed E-state index contributed by atoms with van der Waals surface area (Å²) in [5, 5.41) is 3.24. The molecule has 0 bridgehead atoms. The molecule has 2 rings (SSSR count). The second-order valence-electron chi connectivity index (χ2n) is 8.12. The summed E-state index contributed by atoms with van der Waals surface area (Å²) in [6.45, 7) is 6.89. The standard InChI is InChI=1S/C24H32ClN3O5S/c1-6-33-22-14-10-9-13-21(22)28(34(5,31)32)16-23(29)27(18(4)24(30)26-17(2)3)15-19-11-7-8-12-20(19)25/h7-14,17-18H,6,15-16H2,1-5H3,(H,26,30)/t18-/m1/s1. The van der Waals surface area contributed by atoms with Gasteiger partial charge in [-0.25, -0.2) is 8.42 Å². The zero-order valence-corrected chi connectivity index (χ0v) is 21.7. The first kappa shape index (κ1) is 27.5. The fraction of sp³-hybridized carbons (Fsp3) is 0.417. The summed E-state index contributed by atoms with van der Waals surface area (Å²) in [5.41, 5.74) is 0.888. The van der Waals surface area contributed by atoms with Crippen molar-refractivity contribution in [3.05, 3.63) is 59.1 Å². The Morgan fingerprint density at radius 2 is 1.68 bits per heavy atom. The van der Waals surface area contributed by atoms with Crippen LogP contribution in [0, 0.1) is 0 Å². The van der Waals surface area contributed by atoms with Crippen LogP contribution in [0.25, 0.3) is 0 Å². The molecule has 10 heteroatoms. The SMILES string of the molecule is CCOc1ccccc1N(CC(=O)N(Cc1ccccc1Cl)[C@H](C)C(=O)NC(C)C)S(C)(=O)=O. The predicted molar refractivity (Wildman–Crippen MR) is 135 cm³/mol. The number of benzene rings is 2. The molecule has 0 aliphatic carbocycles. The number of rotatable bonds is 11. The lowest BCUT2D eigenvalue weighted by molar-refractivity contribution is -0.139. The highest BCUT2D eigenvalue weighted by Crippen LogP contribution is 2.30. The summed E-state index contributed by atoms with van der Waals surface area (Å²) >= 11 is 6.31. The minimum absolute atomic E-state index is 0.0376. The van der Waals surface area contributed by atoms with Crippen molar-refractivity contribution < 1.29 is 22.7 Å². The number of carbonyl (C=O) groups excluding carboxylic acids is 2. The summed E-state index contributed by atoms with van der Waals surface area (Å²) in [5.74, 6) is -0.564. The molecule has 1 N–H and O–H groups in total. The lowest BCUT2D eigenvalue weighted by Gasteiger charge is -2.32. The first-order chi connectivity index (χ1) is 16.0. The van der Waals surface area contributed by atoms with E-state index in [-0.39, 0.29) is 24.2 Å². The maximum absolute atomic E-state index is 13.5. The third kappa shape index (κ3) is 7.36. The fourth-order valence-corrected chi connectivity index (χ4v) is 4.38. The van der Waals surface area contributed by atoms with Gasteiger partial charge in [0.15, 0.2) is 0 Å². The van der Waals surface area contributed by atoms with Crippen LogP contribution in [0.4, 0.5) is 5.69 Å². The number of anilines is 1. The summed E-state index contributed by atoms with van der Waals surface area (Å²) in [4.78, 5) is 27.7. The van der Waals surface area contributed by atoms with E-state index in [0.29, 0.717) is 22.9 Å². The number of nitrogens with one attached hydrogen (secondary N) is 1. The van der Waals surface area contributed by atoms with Crippen LogP contribution in [0.3, 0.4) is 0 Å². The van der Waals surface area contributed by atoms with Gasteiger partial charge in [-0.3, -0.25) is 13.9 Å². The third-order valence-corrected chi connectivity index (χ3v) is 6.50. The zero-order valence-electron chi connectivity index (χ0n) is 20.1. The highest BCUT2D eigenvalue weighted by Gasteiger charge is 2.31. The number of halogens is 1. The van der Waals surface area contributed by atoms with E-state index in [1.165, 1.54) is 4.90 Å². The van der Waals surface area contributed by atoms with Crippen molar-refractivity contribution in [2.45, 2.75) is 46.3 Å². The number of ether oxygens (including phenoxy) is 1. The molecule has 34 heavy (non-hydrogen) atoms. The summed E-state index contributed by atoms with van der Waals surface area (Å²) in [6, 6.07) is 12.6. The fourth-order valence-electron chi connectivity index (χ4n) is 3.33. The topological polar surface area (TPSA) is 96.0 Å². The molecule has 0 aliphatic heterocycles. The molecule has 186 valence electrons. The van der Waals surface area contributed by atoms with Gasteiger partial charge in [-0.1, -0.05) is 41.9 Å². The Morgan fingerprint density at radius 1 is 1.06 bits per heavy atom. The van der Waals surface area contributed by atoms with E-state index >= 15 is 0 Å². The molecule has 0 aliphatic rings. The zero-order chi connectivity index (χ0) is 25.5.